The third-order valence-corrected chi connectivity index (χ3v) is 5.55. The fourth-order valence-electron chi connectivity index (χ4n) is 3.54. The molecule has 1 aromatic carbocycles. The van der Waals surface area contributed by atoms with Crippen LogP contribution >= 0.6 is 35.6 Å². The summed E-state index contributed by atoms with van der Waals surface area (Å²) < 4.78 is 0. The maximum atomic E-state index is 11.7. The Balaban J connectivity index is 0.00000300. The van der Waals surface area contributed by atoms with Crippen LogP contribution in [0.4, 0.5) is 5.69 Å². The summed E-state index contributed by atoms with van der Waals surface area (Å²) in [6.45, 7) is 9.16. The summed E-state index contributed by atoms with van der Waals surface area (Å²) in [5, 5.41) is 10.4. The minimum Gasteiger partial charge on any atom is -0.371 e. The van der Waals surface area contributed by atoms with Crippen LogP contribution in [-0.2, 0) is 4.79 Å². The van der Waals surface area contributed by atoms with E-state index in [-0.39, 0.29) is 35.8 Å². The molecular weight excluding hydrogens is 501 g/mol. The molecule has 3 rings (SSSR count). The van der Waals surface area contributed by atoms with Gasteiger partial charge in [-0.05, 0) is 56.7 Å². The number of aliphatic imine (C=N–C) groups is 1. The zero-order valence-corrected chi connectivity index (χ0v) is 20.4. The summed E-state index contributed by atoms with van der Waals surface area (Å²) in [6.07, 6.45) is 3.21. The highest BCUT2D eigenvalue weighted by Gasteiger charge is 2.29. The van der Waals surface area contributed by atoms with E-state index < -0.39 is 0 Å². The average molecular weight is 534 g/mol. The highest BCUT2D eigenvalue weighted by molar-refractivity contribution is 14.0. The number of guanidine groups is 1. The molecule has 1 amide bonds. The van der Waals surface area contributed by atoms with E-state index in [1.54, 1.807) is 0 Å². The molecule has 0 radical (unpaired) electrons. The molecule has 0 bridgehead atoms. The molecule has 162 valence electrons. The van der Waals surface area contributed by atoms with E-state index in [0.29, 0.717) is 19.0 Å². The number of hydrogen-bond acceptors (Lipinski definition) is 3. The van der Waals surface area contributed by atoms with E-state index in [1.165, 1.54) is 11.3 Å². The van der Waals surface area contributed by atoms with Crippen LogP contribution in [0.15, 0.2) is 23.2 Å². The zero-order valence-electron chi connectivity index (χ0n) is 17.3. The van der Waals surface area contributed by atoms with Crippen molar-refractivity contribution in [3.63, 3.8) is 0 Å². The molecule has 2 fully saturated rings. The van der Waals surface area contributed by atoms with Crippen molar-refractivity contribution in [2.45, 2.75) is 33.1 Å². The van der Waals surface area contributed by atoms with E-state index in [0.717, 1.165) is 56.4 Å². The molecule has 1 aromatic rings. The average Bonchev–Trinajstić information content (AvgIpc) is 3.43. The predicted octanol–water partition coefficient (Wildman–Crippen LogP) is 3.17. The molecule has 0 aromatic heterocycles. The first-order valence-electron chi connectivity index (χ1n) is 10.4. The molecule has 29 heavy (non-hydrogen) atoms. The minimum atomic E-state index is 0. The van der Waals surface area contributed by atoms with E-state index in [4.69, 9.17) is 16.6 Å². The van der Waals surface area contributed by atoms with Gasteiger partial charge in [0, 0.05) is 55.9 Å². The number of nitrogens with zero attached hydrogens (tertiary/aromatic N) is 2. The number of aryl methyl sites for hydroxylation is 1. The van der Waals surface area contributed by atoms with Gasteiger partial charge in [0.05, 0.1) is 0 Å². The number of anilines is 1. The van der Waals surface area contributed by atoms with Gasteiger partial charge in [-0.25, -0.2) is 0 Å². The summed E-state index contributed by atoms with van der Waals surface area (Å²) in [5.41, 5.74) is 2.49. The molecule has 1 unspecified atom stereocenters. The lowest BCUT2D eigenvalue weighted by Gasteiger charge is -2.21. The van der Waals surface area contributed by atoms with Crippen molar-refractivity contribution in [2.24, 2.45) is 16.8 Å². The van der Waals surface area contributed by atoms with Gasteiger partial charge in [-0.2, -0.15) is 0 Å². The summed E-state index contributed by atoms with van der Waals surface area (Å²) in [4.78, 5) is 18.8. The highest BCUT2D eigenvalue weighted by Crippen LogP contribution is 2.29. The van der Waals surface area contributed by atoms with Gasteiger partial charge in [-0.1, -0.05) is 17.7 Å². The van der Waals surface area contributed by atoms with Gasteiger partial charge in [-0.3, -0.25) is 9.79 Å². The van der Waals surface area contributed by atoms with Crippen LogP contribution in [0.1, 0.15) is 31.7 Å². The summed E-state index contributed by atoms with van der Waals surface area (Å²) in [7, 11) is 0. The second-order valence-electron chi connectivity index (χ2n) is 7.74. The third kappa shape index (κ3) is 7.51. The first-order chi connectivity index (χ1) is 13.6. The van der Waals surface area contributed by atoms with Gasteiger partial charge in [0.25, 0.3) is 0 Å². The Bertz CT molecular complexity index is 710. The first-order valence-corrected chi connectivity index (χ1v) is 10.8. The Kier molecular flexibility index (Phi) is 9.82. The van der Waals surface area contributed by atoms with Crippen molar-refractivity contribution in [1.29, 1.82) is 0 Å². The molecule has 6 nitrogen and oxygen atoms in total. The molecule has 0 spiro atoms. The number of nitrogens with one attached hydrogen (secondary N) is 3. The first kappa shape index (κ1) is 24.1. The standard InChI is InChI=1S/C21H32ClN5O.HI/c1-3-23-21(25-10-9-24-20(28)17-5-6-17)26-13-16-8-11-27(14-16)19-12-18(22)7-4-15(19)2;/h4,7,12,16-17H,3,5-6,8-11,13-14H2,1-2H3,(H,24,28)(H2,23,25,26);1H. The molecule has 2 aliphatic rings. The molecule has 8 heteroatoms. The van der Waals surface area contributed by atoms with Crippen LogP contribution in [0, 0.1) is 18.8 Å². The van der Waals surface area contributed by atoms with Crippen molar-refractivity contribution >= 4 is 53.1 Å². The molecule has 1 aliphatic carbocycles. The van der Waals surface area contributed by atoms with Gasteiger partial charge in [-0.15, -0.1) is 24.0 Å². The molecule has 3 N–H and O–H groups in total. The fourth-order valence-corrected chi connectivity index (χ4v) is 3.71. The van der Waals surface area contributed by atoms with Crippen molar-refractivity contribution in [1.82, 2.24) is 16.0 Å². The second kappa shape index (κ2) is 11.8. The Hall–Kier alpha value is -1.22. The van der Waals surface area contributed by atoms with E-state index in [1.807, 2.05) is 6.07 Å². The Morgan fingerprint density at radius 1 is 1.21 bits per heavy atom. The Labute approximate surface area is 196 Å². The quantitative estimate of drug-likeness (QED) is 0.208. The summed E-state index contributed by atoms with van der Waals surface area (Å²) in [6, 6.07) is 6.09. The SMILES string of the molecule is CCNC(=NCC1CCN(c2cc(Cl)ccc2C)C1)NCCNC(=O)C1CC1.I. The molecule has 1 heterocycles. The van der Waals surface area contributed by atoms with E-state index >= 15 is 0 Å². The van der Waals surface area contributed by atoms with Crippen LogP contribution in [0.25, 0.3) is 0 Å². The van der Waals surface area contributed by atoms with Gasteiger partial charge in [0.2, 0.25) is 5.91 Å². The largest absolute Gasteiger partial charge is 0.371 e. The molecular formula is C21H33ClIN5O. The lowest BCUT2D eigenvalue weighted by atomic mass is 10.1. The topological polar surface area (TPSA) is 68.8 Å². The summed E-state index contributed by atoms with van der Waals surface area (Å²) >= 11 is 6.18. The number of amides is 1. The van der Waals surface area contributed by atoms with Crippen LogP contribution in [0.2, 0.25) is 5.02 Å². The summed E-state index contributed by atoms with van der Waals surface area (Å²) in [5.74, 6) is 1.80. The van der Waals surface area contributed by atoms with Gasteiger partial charge < -0.3 is 20.9 Å². The third-order valence-electron chi connectivity index (χ3n) is 5.31. The maximum Gasteiger partial charge on any atom is 0.223 e. The van der Waals surface area contributed by atoms with Gasteiger partial charge in [0.1, 0.15) is 0 Å². The van der Waals surface area contributed by atoms with Crippen LogP contribution < -0.4 is 20.9 Å². The maximum absolute atomic E-state index is 11.7. The molecule has 1 atom stereocenters. The van der Waals surface area contributed by atoms with E-state index in [2.05, 4.69) is 46.8 Å². The van der Waals surface area contributed by atoms with Crippen LogP contribution in [0.5, 0.6) is 0 Å². The zero-order chi connectivity index (χ0) is 19.9. The second-order valence-corrected chi connectivity index (χ2v) is 8.18. The highest BCUT2D eigenvalue weighted by atomic mass is 127. The monoisotopic (exact) mass is 533 g/mol. The van der Waals surface area contributed by atoms with E-state index in [9.17, 15) is 4.79 Å². The van der Waals surface area contributed by atoms with Crippen molar-refractivity contribution in [3.8, 4) is 0 Å². The number of halogens is 2. The number of carbonyl (C=O) groups excluding carboxylic acids is 1. The molecule has 1 saturated heterocycles. The van der Waals surface area contributed by atoms with Gasteiger partial charge >= 0.3 is 0 Å². The Morgan fingerprint density at radius 3 is 2.69 bits per heavy atom. The fraction of sp³-hybridized carbons (Fsp3) is 0.619. The lowest BCUT2D eigenvalue weighted by Crippen LogP contribution is -2.42. The molecule has 1 saturated carbocycles. The number of carbonyl (C=O) groups is 1. The van der Waals surface area contributed by atoms with Gasteiger partial charge in [0.15, 0.2) is 5.96 Å². The smallest absolute Gasteiger partial charge is 0.223 e. The number of hydrogen-bond donors (Lipinski definition) is 3. The normalized spacial score (nSPS) is 18.9. The number of benzene rings is 1. The minimum absolute atomic E-state index is 0. The predicted molar refractivity (Wildman–Crippen MR) is 132 cm³/mol. The van der Waals surface area contributed by atoms with Crippen molar-refractivity contribution in [2.75, 3.05) is 44.2 Å². The number of rotatable bonds is 8. The van der Waals surface area contributed by atoms with Crippen molar-refractivity contribution in [3.05, 3.63) is 28.8 Å². The van der Waals surface area contributed by atoms with Crippen LogP contribution in [0.3, 0.4) is 0 Å². The Morgan fingerprint density at radius 2 is 1.97 bits per heavy atom. The van der Waals surface area contributed by atoms with Crippen molar-refractivity contribution < 1.29 is 4.79 Å². The molecule has 1 aliphatic heterocycles. The van der Waals surface area contributed by atoms with Crippen LogP contribution in [-0.4, -0.2) is 51.1 Å². The lowest BCUT2D eigenvalue weighted by molar-refractivity contribution is -0.122.